The molecule has 1 amide bonds. The van der Waals surface area contributed by atoms with Crippen molar-refractivity contribution in [2.24, 2.45) is 0 Å². The van der Waals surface area contributed by atoms with Gasteiger partial charge in [0.05, 0.1) is 0 Å². The van der Waals surface area contributed by atoms with E-state index in [1.165, 1.54) is 19.1 Å². The van der Waals surface area contributed by atoms with E-state index < -0.39 is 0 Å². The van der Waals surface area contributed by atoms with Gasteiger partial charge in [-0.1, -0.05) is 18.1 Å². The summed E-state index contributed by atoms with van der Waals surface area (Å²) in [6, 6.07) is 5.84. The molecular weight excluding hydrogens is 209 g/mol. The Morgan fingerprint density at radius 2 is 2.12 bits per heavy atom. The van der Waals surface area contributed by atoms with E-state index in [9.17, 15) is 9.18 Å². The lowest BCUT2D eigenvalue weighted by atomic mass is 10.2. The first-order valence-electron chi connectivity index (χ1n) is 4.72. The summed E-state index contributed by atoms with van der Waals surface area (Å²) in [6.45, 7) is 1.64. The molecule has 0 aliphatic carbocycles. The van der Waals surface area contributed by atoms with Crippen LogP contribution in [0.15, 0.2) is 24.3 Å². The number of benzene rings is 1. The minimum Gasteiger partial charge on any atom is -0.273 e. The number of terminal acetylenes is 1. The van der Waals surface area contributed by atoms with Gasteiger partial charge in [0.15, 0.2) is 0 Å². The van der Waals surface area contributed by atoms with Crippen LogP contribution in [0, 0.1) is 18.2 Å². The molecule has 0 aromatic heterocycles. The monoisotopic (exact) mass is 221 g/mol. The number of hydroxylamine groups is 2. The van der Waals surface area contributed by atoms with Crippen LogP contribution in [0.5, 0.6) is 0 Å². The normalized spacial score (nSPS) is 9.56. The zero-order valence-corrected chi connectivity index (χ0v) is 8.94. The van der Waals surface area contributed by atoms with Crippen molar-refractivity contribution in [3.05, 3.63) is 35.6 Å². The standard InChI is InChI=1S/C12H12FNO2/c1-3-8-14(10(2)15)16-9-11-4-6-12(13)7-5-11/h1,4-7H,8-9H2,2H3. The Morgan fingerprint density at radius 3 is 2.62 bits per heavy atom. The van der Waals surface area contributed by atoms with E-state index in [0.717, 1.165) is 10.6 Å². The van der Waals surface area contributed by atoms with E-state index in [1.807, 2.05) is 0 Å². The van der Waals surface area contributed by atoms with Gasteiger partial charge in [0.2, 0.25) is 5.91 Å². The molecule has 0 aliphatic heterocycles. The SMILES string of the molecule is C#CCN(OCc1ccc(F)cc1)C(C)=O. The van der Waals surface area contributed by atoms with Crippen LogP contribution in [0.3, 0.4) is 0 Å². The fourth-order valence-electron chi connectivity index (χ4n) is 1.06. The highest BCUT2D eigenvalue weighted by molar-refractivity contribution is 5.72. The van der Waals surface area contributed by atoms with Crippen LogP contribution in [0.25, 0.3) is 0 Å². The van der Waals surface area contributed by atoms with Gasteiger partial charge < -0.3 is 0 Å². The molecule has 0 bridgehead atoms. The Labute approximate surface area is 93.8 Å². The number of hydrogen-bond donors (Lipinski definition) is 0. The fourth-order valence-corrected chi connectivity index (χ4v) is 1.06. The van der Waals surface area contributed by atoms with Gasteiger partial charge >= 0.3 is 0 Å². The molecule has 0 saturated heterocycles. The number of rotatable bonds is 4. The predicted molar refractivity (Wildman–Crippen MR) is 57.4 cm³/mol. The van der Waals surface area contributed by atoms with Gasteiger partial charge in [-0.15, -0.1) is 6.42 Å². The third-order valence-corrected chi connectivity index (χ3v) is 1.89. The second kappa shape index (κ2) is 5.89. The van der Waals surface area contributed by atoms with E-state index in [2.05, 4.69) is 5.92 Å². The van der Waals surface area contributed by atoms with Crippen molar-refractivity contribution >= 4 is 5.91 Å². The lowest BCUT2D eigenvalue weighted by Crippen LogP contribution is -2.29. The third-order valence-electron chi connectivity index (χ3n) is 1.89. The van der Waals surface area contributed by atoms with Crippen molar-refractivity contribution < 1.29 is 14.0 Å². The van der Waals surface area contributed by atoms with Crippen LogP contribution in [0.4, 0.5) is 4.39 Å². The Hall–Kier alpha value is -1.86. The molecule has 3 nitrogen and oxygen atoms in total. The van der Waals surface area contributed by atoms with Crippen molar-refractivity contribution in [1.82, 2.24) is 5.06 Å². The average molecular weight is 221 g/mol. The Balaban J connectivity index is 2.52. The second-order valence-corrected chi connectivity index (χ2v) is 3.16. The molecule has 84 valence electrons. The number of carbonyl (C=O) groups is 1. The summed E-state index contributed by atoms with van der Waals surface area (Å²) >= 11 is 0. The van der Waals surface area contributed by atoms with Crippen LogP contribution in [0.1, 0.15) is 12.5 Å². The van der Waals surface area contributed by atoms with Crippen LogP contribution >= 0.6 is 0 Å². The maximum absolute atomic E-state index is 12.6. The van der Waals surface area contributed by atoms with Gasteiger partial charge in [-0.25, -0.2) is 9.45 Å². The molecular formula is C12H12FNO2. The molecule has 0 spiro atoms. The molecule has 0 unspecified atom stereocenters. The molecule has 4 heteroatoms. The maximum atomic E-state index is 12.6. The van der Waals surface area contributed by atoms with Crippen molar-refractivity contribution in [2.75, 3.05) is 6.54 Å². The van der Waals surface area contributed by atoms with Crippen molar-refractivity contribution in [1.29, 1.82) is 0 Å². The molecule has 16 heavy (non-hydrogen) atoms. The molecule has 1 aromatic rings. The number of amides is 1. The van der Waals surface area contributed by atoms with Gasteiger partial charge in [0.1, 0.15) is 19.0 Å². The molecule has 0 fully saturated rings. The molecule has 1 aromatic carbocycles. The first kappa shape index (κ1) is 12.2. The summed E-state index contributed by atoms with van der Waals surface area (Å²) < 4.78 is 12.6. The minimum atomic E-state index is -0.309. The van der Waals surface area contributed by atoms with E-state index in [1.54, 1.807) is 12.1 Å². The van der Waals surface area contributed by atoms with E-state index in [0.29, 0.717) is 0 Å². The minimum absolute atomic E-state index is 0.0938. The van der Waals surface area contributed by atoms with Crippen LogP contribution in [-0.2, 0) is 16.2 Å². The van der Waals surface area contributed by atoms with Gasteiger partial charge in [-0.2, -0.15) is 0 Å². The summed E-state index contributed by atoms with van der Waals surface area (Å²) in [7, 11) is 0. The van der Waals surface area contributed by atoms with Gasteiger partial charge in [0, 0.05) is 6.92 Å². The van der Waals surface area contributed by atoms with Gasteiger partial charge in [-0.05, 0) is 17.7 Å². The molecule has 1 rings (SSSR count). The highest BCUT2D eigenvalue weighted by Crippen LogP contribution is 2.05. The summed E-state index contributed by atoms with van der Waals surface area (Å²) in [6.07, 6.45) is 5.08. The first-order valence-corrected chi connectivity index (χ1v) is 4.72. The summed E-state index contributed by atoms with van der Waals surface area (Å²) in [5, 5.41) is 1.09. The van der Waals surface area contributed by atoms with E-state index >= 15 is 0 Å². The second-order valence-electron chi connectivity index (χ2n) is 3.16. The van der Waals surface area contributed by atoms with Gasteiger partial charge in [-0.3, -0.25) is 9.63 Å². The predicted octanol–water partition coefficient (Wildman–Crippen LogP) is 1.74. The first-order chi connectivity index (χ1) is 7.63. The summed E-state index contributed by atoms with van der Waals surface area (Å²) in [5.74, 6) is 1.74. The molecule has 0 radical (unpaired) electrons. The summed E-state index contributed by atoms with van der Waals surface area (Å²) in [4.78, 5) is 16.2. The number of nitrogens with zero attached hydrogens (tertiary/aromatic N) is 1. The number of hydrogen-bond acceptors (Lipinski definition) is 2. The number of carbonyl (C=O) groups excluding carboxylic acids is 1. The number of halogens is 1. The quantitative estimate of drug-likeness (QED) is 0.572. The zero-order valence-electron chi connectivity index (χ0n) is 8.94. The highest BCUT2D eigenvalue weighted by Gasteiger charge is 2.07. The van der Waals surface area contributed by atoms with Crippen LogP contribution < -0.4 is 0 Å². The summed E-state index contributed by atoms with van der Waals surface area (Å²) in [5.41, 5.74) is 0.768. The van der Waals surface area contributed by atoms with Crippen molar-refractivity contribution in [2.45, 2.75) is 13.5 Å². The Kier molecular flexibility index (Phi) is 4.49. The molecule has 0 N–H and O–H groups in total. The van der Waals surface area contributed by atoms with E-state index in [-0.39, 0.29) is 24.9 Å². The van der Waals surface area contributed by atoms with Crippen molar-refractivity contribution in [3.63, 3.8) is 0 Å². The fraction of sp³-hybridized carbons (Fsp3) is 0.250. The smallest absolute Gasteiger partial charge is 0.243 e. The average Bonchev–Trinajstić information content (AvgIpc) is 2.26. The lowest BCUT2D eigenvalue weighted by Gasteiger charge is -2.17. The molecule has 0 atom stereocenters. The van der Waals surface area contributed by atoms with Crippen LogP contribution in [-0.4, -0.2) is 17.5 Å². The maximum Gasteiger partial charge on any atom is 0.243 e. The Bertz CT molecular complexity index is 394. The van der Waals surface area contributed by atoms with Gasteiger partial charge in [0.25, 0.3) is 0 Å². The van der Waals surface area contributed by atoms with Crippen LogP contribution in [0.2, 0.25) is 0 Å². The van der Waals surface area contributed by atoms with E-state index in [4.69, 9.17) is 11.3 Å². The van der Waals surface area contributed by atoms with Crippen molar-refractivity contribution in [3.8, 4) is 12.3 Å². The molecule has 0 aliphatic rings. The molecule has 0 saturated carbocycles. The Morgan fingerprint density at radius 1 is 1.50 bits per heavy atom. The third kappa shape index (κ3) is 3.71. The lowest BCUT2D eigenvalue weighted by molar-refractivity contribution is -0.184. The highest BCUT2D eigenvalue weighted by atomic mass is 19.1. The largest absolute Gasteiger partial charge is 0.273 e. The molecule has 0 heterocycles. The topological polar surface area (TPSA) is 29.5 Å². The zero-order chi connectivity index (χ0) is 12.0.